The van der Waals surface area contributed by atoms with Crippen molar-refractivity contribution in [2.24, 2.45) is 0 Å². The lowest BCUT2D eigenvalue weighted by Gasteiger charge is -2.36. The SMILES string of the molecule is CC(C)(C)OC(=O)NC1CCN(c2c(-c3cc(F)cc(F)c3)cnc3ccc(-c4cccc(C(=O)O)c4O)cc23)CC1. The van der Waals surface area contributed by atoms with Crippen LogP contribution in [0.3, 0.4) is 0 Å². The van der Waals surface area contributed by atoms with E-state index >= 15 is 0 Å². The number of alkyl carbamates (subject to hydrolysis) is 1. The lowest BCUT2D eigenvalue weighted by atomic mass is 9.95. The number of para-hydroxylation sites is 1. The Kier molecular flexibility index (Phi) is 7.73. The number of hydrogen-bond donors (Lipinski definition) is 3. The molecular formula is C32H31F2N3O5. The topological polar surface area (TPSA) is 112 Å². The lowest BCUT2D eigenvalue weighted by molar-refractivity contribution is 0.0496. The van der Waals surface area contributed by atoms with Gasteiger partial charge in [-0.15, -0.1) is 0 Å². The number of rotatable bonds is 5. The molecule has 2 heterocycles. The third kappa shape index (κ3) is 6.12. The normalized spacial score (nSPS) is 14.2. The minimum Gasteiger partial charge on any atom is -0.506 e. The summed E-state index contributed by atoms with van der Waals surface area (Å²) in [6.07, 6.45) is 2.29. The van der Waals surface area contributed by atoms with Crippen molar-refractivity contribution < 1.29 is 33.3 Å². The minimum absolute atomic E-state index is 0.120. The first-order chi connectivity index (χ1) is 19.9. The largest absolute Gasteiger partial charge is 0.506 e. The third-order valence-electron chi connectivity index (χ3n) is 7.12. The van der Waals surface area contributed by atoms with Gasteiger partial charge >= 0.3 is 12.1 Å². The number of carboxylic acid groups (broad SMARTS) is 1. The van der Waals surface area contributed by atoms with Crippen LogP contribution in [0.5, 0.6) is 5.75 Å². The Balaban J connectivity index is 1.58. The first-order valence-corrected chi connectivity index (χ1v) is 13.6. The van der Waals surface area contributed by atoms with Crippen LogP contribution in [0.15, 0.2) is 60.8 Å². The van der Waals surface area contributed by atoms with Crippen LogP contribution in [0.2, 0.25) is 0 Å². The number of nitrogens with one attached hydrogen (secondary N) is 1. The van der Waals surface area contributed by atoms with Gasteiger partial charge in [-0.1, -0.05) is 18.2 Å². The first kappa shape index (κ1) is 28.8. The molecule has 8 nitrogen and oxygen atoms in total. The molecule has 0 radical (unpaired) electrons. The van der Waals surface area contributed by atoms with Crippen LogP contribution in [0.4, 0.5) is 19.3 Å². The van der Waals surface area contributed by atoms with Gasteiger partial charge in [0, 0.05) is 47.9 Å². The number of nitrogens with zero attached hydrogens (tertiary/aromatic N) is 2. The number of ether oxygens (including phenoxy) is 1. The Labute approximate surface area is 241 Å². The van der Waals surface area contributed by atoms with Crippen LogP contribution in [0, 0.1) is 11.6 Å². The predicted molar refractivity (Wildman–Crippen MR) is 156 cm³/mol. The number of halogens is 2. The summed E-state index contributed by atoms with van der Waals surface area (Å²) >= 11 is 0. The van der Waals surface area contributed by atoms with Crippen molar-refractivity contribution in [3.63, 3.8) is 0 Å². The summed E-state index contributed by atoms with van der Waals surface area (Å²) in [7, 11) is 0. The molecule has 1 aliphatic heterocycles. The van der Waals surface area contributed by atoms with E-state index in [1.165, 1.54) is 18.2 Å². The number of aromatic carboxylic acids is 1. The molecule has 4 aromatic rings. The van der Waals surface area contributed by atoms with Crippen LogP contribution >= 0.6 is 0 Å². The number of carbonyl (C=O) groups is 2. The smallest absolute Gasteiger partial charge is 0.407 e. The number of piperidine rings is 1. The standard InChI is InChI=1S/C32H31F2N3O5/c1-32(2,3)42-31(41)36-22-9-11-37(12-10-22)28-25-15-18(23-5-4-6-24(29(23)38)30(39)40)7-8-27(25)35-17-26(28)19-13-20(33)16-21(34)14-19/h4-8,13-17,22,38H,9-12H2,1-3H3,(H,36,41)(H,39,40). The highest BCUT2D eigenvalue weighted by Crippen LogP contribution is 2.41. The van der Waals surface area contributed by atoms with Crippen molar-refractivity contribution in [3.8, 4) is 28.0 Å². The van der Waals surface area contributed by atoms with Crippen LogP contribution < -0.4 is 10.2 Å². The monoisotopic (exact) mass is 575 g/mol. The van der Waals surface area contributed by atoms with Gasteiger partial charge in [0.2, 0.25) is 0 Å². The Hall–Kier alpha value is -4.73. The second-order valence-corrected chi connectivity index (χ2v) is 11.3. The Morgan fingerprint density at radius 3 is 2.31 bits per heavy atom. The molecule has 0 aliphatic carbocycles. The Bertz CT molecular complexity index is 1660. The summed E-state index contributed by atoms with van der Waals surface area (Å²) in [5.74, 6) is -3.06. The molecule has 1 fully saturated rings. The quantitative estimate of drug-likeness (QED) is 0.242. The van der Waals surface area contributed by atoms with Crippen molar-refractivity contribution in [2.45, 2.75) is 45.3 Å². The number of carboxylic acids is 1. The highest BCUT2D eigenvalue weighted by Gasteiger charge is 2.27. The number of aromatic nitrogens is 1. The van der Waals surface area contributed by atoms with Gasteiger partial charge in [0.15, 0.2) is 0 Å². The Morgan fingerprint density at radius 1 is 0.976 bits per heavy atom. The summed E-state index contributed by atoms with van der Waals surface area (Å²) in [5, 5.41) is 23.8. The molecule has 1 aromatic heterocycles. The molecule has 0 atom stereocenters. The van der Waals surface area contributed by atoms with Crippen molar-refractivity contribution in [2.75, 3.05) is 18.0 Å². The molecule has 42 heavy (non-hydrogen) atoms. The zero-order valence-electron chi connectivity index (χ0n) is 23.4. The number of anilines is 1. The van der Waals surface area contributed by atoms with E-state index in [-0.39, 0.29) is 17.4 Å². The molecule has 3 aromatic carbocycles. The van der Waals surface area contributed by atoms with Gasteiger partial charge in [-0.2, -0.15) is 0 Å². The lowest BCUT2D eigenvalue weighted by Crippen LogP contribution is -2.46. The average molecular weight is 576 g/mol. The average Bonchev–Trinajstić information content (AvgIpc) is 2.91. The van der Waals surface area contributed by atoms with E-state index in [9.17, 15) is 28.6 Å². The third-order valence-corrected chi connectivity index (χ3v) is 7.12. The second-order valence-electron chi connectivity index (χ2n) is 11.3. The first-order valence-electron chi connectivity index (χ1n) is 13.6. The van der Waals surface area contributed by atoms with E-state index in [0.29, 0.717) is 64.8 Å². The number of hydrogen-bond acceptors (Lipinski definition) is 6. The van der Waals surface area contributed by atoms with Crippen molar-refractivity contribution in [1.82, 2.24) is 10.3 Å². The second kappa shape index (κ2) is 11.3. The Morgan fingerprint density at radius 2 is 1.67 bits per heavy atom. The number of amides is 1. The summed E-state index contributed by atoms with van der Waals surface area (Å²) in [6.45, 7) is 6.44. The fourth-order valence-electron chi connectivity index (χ4n) is 5.28. The van der Waals surface area contributed by atoms with Gasteiger partial charge in [-0.05, 0) is 75.1 Å². The van der Waals surface area contributed by atoms with E-state index in [4.69, 9.17) is 4.74 Å². The molecule has 0 spiro atoms. The maximum atomic E-state index is 14.3. The molecule has 0 unspecified atom stereocenters. The maximum Gasteiger partial charge on any atom is 0.407 e. The van der Waals surface area contributed by atoms with Gasteiger partial charge in [0.25, 0.3) is 0 Å². The van der Waals surface area contributed by atoms with E-state index < -0.39 is 29.3 Å². The molecule has 10 heteroatoms. The molecular weight excluding hydrogens is 544 g/mol. The molecule has 0 saturated carbocycles. The van der Waals surface area contributed by atoms with E-state index in [1.807, 2.05) is 0 Å². The number of benzene rings is 3. The molecule has 218 valence electrons. The van der Waals surface area contributed by atoms with Crippen LogP contribution in [0.1, 0.15) is 44.0 Å². The van der Waals surface area contributed by atoms with Gasteiger partial charge in [-0.3, -0.25) is 4.98 Å². The molecule has 3 N–H and O–H groups in total. The van der Waals surface area contributed by atoms with Crippen molar-refractivity contribution in [1.29, 1.82) is 0 Å². The van der Waals surface area contributed by atoms with E-state index in [2.05, 4.69) is 15.2 Å². The van der Waals surface area contributed by atoms with E-state index in [1.54, 1.807) is 57.3 Å². The number of fused-ring (bicyclic) bond motifs is 1. The molecule has 1 amide bonds. The maximum absolute atomic E-state index is 14.3. The van der Waals surface area contributed by atoms with Crippen molar-refractivity contribution in [3.05, 3.63) is 78.0 Å². The molecule has 1 saturated heterocycles. The number of aromatic hydroxyl groups is 1. The predicted octanol–water partition coefficient (Wildman–Crippen LogP) is 6.74. The summed E-state index contributed by atoms with van der Waals surface area (Å²) in [5.41, 5.74) is 2.15. The number of phenols is 1. The molecule has 5 rings (SSSR count). The zero-order chi connectivity index (χ0) is 30.2. The number of pyridine rings is 1. The minimum atomic E-state index is -1.25. The zero-order valence-corrected chi connectivity index (χ0v) is 23.4. The van der Waals surface area contributed by atoms with Gasteiger partial charge in [0.1, 0.15) is 28.5 Å². The van der Waals surface area contributed by atoms with Crippen LogP contribution in [0.25, 0.3) is 33.2 Å². The molecule has 0 bridgehead atoms. The summed E-state index contributed by atoms with van der Waals surface area (Å²) in [6, 6.07) is 13.0. The number of carbonyl (C=O) groups excluding carboxylic acids is 1. The highest BCUT2D eigenvalue weighted by molar-refractivity contribution is 6.02. The van der Waals surface area contributed by atoms with Crippen molar-refractivity contribution >= 4 is 28.7 Å². The van der Waals surface area contributed by atoms with Crippen LogP contribution in [-0.4, -0.2) is 52.0 Å². The fourth-order valence-corrected chi connectivity index (χ4v) is 5.28. The van der Waals surface area contributed by atoms with E-state index in [0.717, 1.165) is 6.07 Å². The highest BCUT2D eigenvalue weighted by atomic mass is 19.1. The summed E-state index contributed by atoms with van der Waals surface area (Å²) in [4.78, 5) is 30.6. The molecule has 1 aliphatic rings. The van der Waals surface area contributed by atoms with Gasteiger partial charge < -0.3 is 25.2 Å². The van der Waals surface area contributed by atoms with Gasteiger partial charge in [-0.25, -0.2) is 18.4 Å². The summed E-state index contributed by atoms with van der Waals surface area (Å²) < 4.78 is 34.0. The van der Waals surface area contributed by atoms with Gasteiger partial charge in [0.05, 0.1) is 11.2 Å². The fraction of sp³-hybridized carbons (Fsp3) is 0.281. The van der Waals surface area contributed by atoms with Crippen LogP contribution in [-0.2, 0) is 4.74 Å².